The summed E-state index contributed by atoms with van der Waals surface area (Å²) in [5, 5.41) is 11.0. The van der Waals surface area contributed by atoms with Crippen LogP contribution in [0.5, 0.6) is 0 Å². The fourth-order valence-corrected chi connectivity index (χ4v) is 1.69. The Morgan fingerprint density at radius 2 is 1.90 bits per heavy atom. The number of nitrogens with two attached hydrogens (primary N) is 1. The third-order valence-electron chi connectivity index (χ3n) is 2.61. The highest BCUT2D eigenvalue weighted by atomic mass is 16.4. The van der Waals surface area contributed by atoms with E-state index in [9.17, 15) is 14.4 Å². The quantitative estimate of drug-likeness (QED) is 0.705. The number of para-hydroxylation sites is 1. The molecule has 4 N–H and O–H groups in total. The molecule has 1 aromatic carbocycles. The molecule has 7 nitrogen and oxygen atoms in total. The van der Waals surface area contributed by atoms with Gasteiger partial charge >= 0.3 is 12.0 Å². The summed E-state index contributed by atoms with van der Waals surface area (Å²) in [5.41, 5.74) is 5.54. The number of hydrogen-bond acceptors (Lipinski definition) is 3. The molecule has 20 heavy (non-hydrogen) atoms. The van der Waals surface area contributed by atoms with Crippen LogP contribution in [0.15, 0.2) is 30.3 Å². The number of urea groups is 1. The summed E-state index contributed by atoms with van der Waals surface area (Å²) < 4.78 is 0. The summed E-state index contributed by atoms with van der Waals surface area (Å²) in [6.07, 6.45) is -0.191. The number of carbonyl (C=O) groups is 3. The van der Waals surface area contributed by atoms with E-state index in [2.05, 4.69) is 5.32 Å². The molecule has 0 aliphatic heterocycles. The maximum atomic E-state index is 12.3. The van der Waals surface area contributed by atoms with E-state index in [1.165, 1.54) is 11.8 Å². The average molecular weight is 279 g/mol. The van der Waals surface area contributed by atoms with Gasteiger partial charge in [-0.2, -0.15) is 0 Å². The van der Waals surface area contributed by atoms with Gasteiger partial charge in [0.15, 0.2) is 0 Å². The molecule has 0 saturated carbocycles. The minimum Gasteiger partial charge on any atom is -0.481 e. The van der Waals surface area contributed by atoms with Crippen molar-refractivity contribution in [3.8, 4) is 0 Å². The van der Waals surface area contributed by atoms with Gasteiger partial charge in [-0.1, -0.05) is 18.2 Å². The first-order valence-corrected chi connectivity index (χ1v) is 6.06. The van der Waals surface area contributed by atoms with Crippen LogP contribution in [-0.2, 0) is 9.59 Å². The normalized spacial score (nSPS) is 11.4. The summed E-state index contributed by atoms with van der Waals surface area (Å²) >= 11 is 0. The number of carbonyl (C=O) groups excluding carboxylic acids is 2. The highest BCUT2D eigenvalue weighted by Crippen LogP contribution is 2.15. The van der Waals surface area contributed by atoms with Crippen molar-refractivity contribution in [2.75, 3.05) is 11.4 Å². The largest absolute Gasteiger partial charge is 0.481 e. The molecule has 108 valence electrons. The van der Waals surface area contributed by atoms with Crippen LogP contribution in [0.2, 0.25) is 0 Å². The molecular formula is C13H17N3O4. The predicted molar refractivity (Wildman–Crippen MR) is 73.2 cm³/mol. The van der Waals surface area contributed by atoms with Crippen LogP contribution in [-0.4, -0.2) is 35.6 Å². The van der Waals surface area contributed by atoms with Gasteiger partial charge < -0.3 is 21.1 Å². The van der Waals surface area contributed by atoms with Gasteiger partial charge in [0.05, 0.1) is 6.42 Å². The molecule has 7 heteroatoms. The van der Waals surface area contributed by atoms with Crippen LogP contribution in [0, 0.1) is 0 Å². The summed E-state index contributed by atoms with van der Waals surface area (Å²) in [6.45, 7) is 1.51. The number of carboxylic acid groups (broad SMARTS) is 1. The molecule has 0 heterocycles. The smallest absolute Gasteiger partial charge is 0.312 e. The number of amides is 3. The number of carboxylic acids is 1. The molecule has 0 aliphatic carbocycles. The van der Waals surface area contributed by atoms with Crippen molar-refractivity contribution < 1.29 is 19.5 Å². The summed E-state index contributed by atoms with van der Waals surface area (Å²) in [5.74, 6) is -1.43. The number of primary amides is 1. The standard InChI is InChI=1S/C13H17N3O4/c1-9(15-13(14)20)12(19)16(8-7-11(17)18)10-5-3-2-4-6-10/h2-6,9H,7-8H2,1H3,(H,17,18)(H3,14,15,20). The van der Waals surface area contributed by atoms with Crippen LogP contribution in [0.3, 0.4) is 0 Å². The van der Waals surface area contributed by atoms with Gasteiger partial charge in [-0.25, -0.2) is 4.79 Å². The third kappa shape index (κ3) is 4.60. The summed E-state index contributed by atoms with van der Waals surface area (Å²) in [6, 6.07) is 7.01. The summed E-state index contributed by atoms with van der Waals surface area (Å²) in [4.78, 5) is 35.0. The molecule has 1 atom stereocenters. The van der Waals surface area contributed by atoms with E-state index in [0.29, 0.717) is 5.69 Å². The Bertz CT molecular complexity index is 490. The van der Waals surface area contributed by atoms with E-state index in [4.69, 9.17) is 10.8 Å². The lowest BCUT2D eigenvalue weighted by Gasteiger charge is -2.25. The monoisotopic (exact) mass is 279 g/mol. The number of nitrogens with zero attached hydrogens (tertiary/aromatic N) is 1. The number of hydrogen-bond donors (Lipinski definition) is 3. The van der Waals surface area contributed by atoms with Crippen molar-refractivity contribution in [2.45, 2.75) is 19.4 Å². The Kier molecular flexibility index (Phi) is 5.52. The Labute approximate surface area is 116 Å². The van der Waals surface area contributed by atoms with E-state index in [1.54, 1.807) is 30.3 Å². The second-order valence-electron chi connectivity index (χ2n) is 4.20. The topological polar surface area (TPSA) is 113 Å². The molecule has 3 amide bonds. The van der Waals surface area contributed by atoms with Crippen LogP contribution in [0.25, 0.3) is 0 Å². The molecule has 0 bridgehead atoms. The number of anilines is 1. The van der Waals surface area contributed by atoms with Gasteiger partial charge in [0, 0.05) is 12.2 Å². The Morgan fingerprint density at radius 3 is 2.40 bits per heavy atom. The van der Waals surface area contributed by atoms with Gasteiger partial charge in [0.25, 0.3) is 0 Å². The molecule has 0 aliphatic rings. The molecule has 1 rings (SSSR count). The first-order valence-electron chi connectivity index (χ1n) is 6.06. The van der Waals surface area contributed by atoms with Crippen molar-refractivity contribution in [3.05, 3.63) is 30.3 Å². The molecule has 1 aromatic rings. The second-order valence-corrected chi connectivity index (χ2v) is 4.20. The molecule has 0 saturated heterocycles. The third-order valence-corrected chi connectivity index (χ3v) is 2.61. The van der Waals surface area contributed by atoms with E-state index >= 15 is 0 Å². The second kappa shape index (κ2) is 7.13. The maximum Gasteiger partial charge on any atom is 0.312 e. The van der Waals surface area contributed by atoms with Gasteiger partial charge in [-0.15, -0.1) is 0 Å². The van der Waals surface area contributed by atoms with E-state index in [1.807, 2.05) is 0 Å². The Morgan fingerprint density at radius 1 is 1.30 bits per heavy atom. The fraction of sp³-hybridized carbons (Fsp3) is 0.308. The zero-order valence-corrected chi connectivity index (χ0v) is 11.1. The molecule has 0 aromatic heterocycles. The molecule has 0 fully saturated rings. The average Bonchev–Trinajstić information content (AvgIpc) is 2.38. The number of aliphatic carboxylic acids is 1. The maximum absolute atomic E-state index is 12.3. The van der Waals surface area contributed by atoms with Gasteiger partial charge in [0.1, 0.15) is 6.04 Å². The van der Waals surface area contributed by atoms with E-state index in [0.717, 1.165) is 0 Å². The Hall–Kier alpha value is -2.57. The first-order chi connectivity index (χ1) is 9.41. The zero-order chi connectivity index (χ0) is 15.1. The van der Waals surface area contributed by atoms with Crippen molar-refractivity contribution in [1.82, 2.24) is 5.32 Å². The fourth-order valence-electron chi connectivity index (χ4n) is 1.69. The number of nitrogens with one attached hydrogen (secondary N) is 1. The molecule has 1 unspecified atom stereocenters. The minimum atomic E-state index is -1.01. The predicted octanol–water partition coefficient (Wildman–Crippen LogP) is 0.551. The van der Waals surface area contributed by atoms with Gasteiger partial charge in [0.2, 0.25) is 5.91 Å². The van der Waals surface area contributed by atoms with Crippen molar-refractivity contribution in [2.24, 2.45) is 5.73 Å². The van der Waals surface area contributed by atoms with Crippen molar-refractivity contribution in [3.63, 3.8) is 0 Å². The highest BCUT2D eigenvalue weighted by Gasteiger charge is 2.23. The van der Waals surface area contributed by atoms with Gasteiger partial charge in [-0.05, 0) is 19.1 Å². The number of rotatable bonds is 6. The molecule has 0 radical (unpaired) electrons. The van der Waals surface area contributed by atoms with E-state index in [-0.39, 0.29) is 13.0 Å². The van der Waals surface area contributed by atoms with Crippen LogP contribution in [0.1, 0.15) is 13.3 Å². The summed E-state index contributed by atoms with van der Waals surface area (Å²) in [7, 11) is 0. The van der Waals surface area contributed by atoms with Crippen LogP contribution < -0.4 is 16.0 Å². The lowest BCUT2D eigenvalue weighted by atomic mass is 10.2. The first kappa shape index (κ1) is 15.5. The lowest BCUT2D eigenvalue weighted by molar-refractivity contribution is -0.136. The van der Waals surface area contributed by atoms with Gasteiger partial charge in [-0.3, -0.25) is 9.59 Å². The zero-order valence-electron chi connectivity index (χ0n) is 11.1. The highest BCUT2D eigenvalue weighted by molar-refractivity contribution is 5.99. The number of benzene rings is 1. The van der Waals surface area contributed by atoms with Crippen molar-refractivity contribution >= 4 is 23.6 Å². The Balaban J connectivity index is 2.89. The minimum absolute atomic E-state index is 0.0168. The van der Waals surface area contributed by atoms with E-state index < -0.39 is 23.9 Å². The SMILES string of the molecule is CC(NC(N)=O)C(=O)N(CCC(=O)O)c1ccccc1. The molecular weight excluding hydrogens is 262 g/mol. The molecule has 0 spiro atoms. The van der Waals surface area contributed by atoms with Crippen LogP contribution in [0.4, 0.5) is 10.5 Å². The van der Waals surface area contributed by atoms with Crippen molar-refractivity contribution in [1.29, 1.82) is 0 Å². The lowest BCUT2D eigenvalue weighted by Crippen LogP contribution is -2.49. The van der Waals surface area contributed by atoms with Crippen LogP contribution >= 0.6 is 0 Å².